The Balaban J connectivity index is 2.23. The highest BCUT2D eigenvalue weighted by atomic mass is 16.5. The topological polar surface area (TPSA) is 60.2 Å². The van der Waals surface area contributed by atoms with E-state index in [0.717, 1.165) is 27.8 Å². The quantitative estimate of drug-likeness (QED) is 0.566. The highest BCUT2D eigenvalue weighted by Gasteiger charge is 2.11. The Morgan fingerprint density at radius 3 is 2.62 bits per heavy atom. The number of hydrogen-bond donors (Lipinski definition) is 2. The number of ether oxygens (including phenoxy) is 1. The monoisotopic (exact) mass is 279 g/mol. The predicted molar refractivity (Wildman–Crippen MR) is 86.2 cm³/mol. The molecule has 0 spiro atoms. The van der Waals surface area contributed by atoms with Gasteiger partial charge >= 0.3 is 0 Å². The molecule has 3 aromatic rings. The zero-order valence-electron chi connectivity index (χ0n) is 11.8. The van der Waals surface area contributed by atoms with Crippen LogP contribution in [-0.4, -0.2) is 11.6 Å². The largest absolute Gasteiger partial charge is 0.492 e. The van der Waals surface area contributed by atoms with Crippen LogP contribution in [0, 0.1) is 0 Å². The first kappa shape index (κ1) is 13.4. The maximum atomic E-state index is 5.65. The highest BCUT2D eigenvalue weighted by molar-refractivity contribution is 5.92. The number of benzene rings is 2. The van der Waals surface area contributed by atoms with Gasteiger partial charge in [-0.1, -0.05) is 42.5 Å². The molecule has 4 nitrogen and oxygen atoms in total. The van der Waals surface area contributed by atoms with Crippen LogP contribution in [0.5, 0.6) is 5.75 Å². The lowest BCUT2D eigenvalue weighted by molar-refractivity contribution is 0.343. The summed E-state index contributed by atoms with van der Waals surface area (Å²) in [5.74, 6) is 7.06. The van der Waals surface area contributed by atoms with Gasteiger partial charge in [0.25, 0.3) is 0 Å². The highest BCUT2D eigenvalue weighted by Crippen LogP contribution is 2.32. The first-order valence-electron chi connectivity index (χ1n) is 6.92. The van der Waals surface area contributed by atoms with Gasteiger partial charge in [-0.3, -0.25) is 0 Å². The molecular formula is C17H17N3O. The first-order valence-corrected chi connectivity index (χ1v) is 6.92. The molecule has 0 saturated carbocycles. The number of rotatable bonds is 4. The molecule has 4 heteroatoms. The number of hydrazine groups is 1. The van der Waals surface area contributed by atoms with Gasteiger partial charge < -0.3 is 10.2 Å². The number of nitrogens with two attached hydrogens (primary N) is 1. The molecule has 3 rings (SSSR count). The fourth-order valence-corrected chi connectivity index (χ4v) is 2.39. The summed E-state index contributed by atoms with van der Waals surface area (Å²) in [6, 6.07) is 18.0. The summed E-state index contributed by atoms with van der Waals surface area (Å²) in [6.07, 6.45) is 0. The minimum absolute atomic E-state index is 0.604. The van der Waals surface area contributed by atoms with Crippen molar-refractivity contribution in [1.29, 1.82) is 0 Å². The normalized spacial score (nSPS) is 10.6. The molecule has 0 aliphatic rings. The van der Waals surface area contributed by atoms with E-state index in [9.17, 15) is 0 Å². The summed E-state index contributed by atoms with van der Waals surface area (Å²) in [6.45, 7) is 2.56. The van der Waals surface area contributed by atoms with E-state index in [0.29, 0.717) is 12.4 Å². The Morgan fingerprint density at radius 1 is 1.10 bits per heavy atom. The smallest absolute Gasteiger partial charge is 0.148 e. The summed E-state index contributed by atoms with van der Waals surface area (Å²) in [5, 5.41) is 1.03. The lowest BCUT2D eigenvalue weighted by Crippen LogP contribution is -2.10. The van der Waals surface area contributed by atoms with Gasteiger partial charge in [0.1, 0.15) is 17.1 Å². The SMILES string of the molecule is CCOc1cccc2cc(-c3ccccc3)c(NN)nc12. The van der Waals surface area contributed by atoms with Gasteiger partial charge in [0.15, 0.2) is 0 Å². The molecule has 0 saturated heterocycles. The number of nitrogens with one attached hydrogen (secondary N) is 1. The Morgan fingerprint density at radius 2 is 1.90 bits per heavy atom. The van der Waals surface area contributed by atoms with Crippen molar-refractivity contribution in [2.45, 2.75) is 6.92 Å². The molecule has 21 heavy (non-hydrogen) atoms. The minimum atomic E-state index is 0.604. The third kappa shape index (κ3) is 2.53. The van der Waals surface area contributed by atoms with Crippen molar-refractivity contribution >= 4 is 16.7 Å². The number of pyridine rings is 1. The Labute approximate surface area is 123 Å². The molecule has 1 aromatic heterocycles. The molecule has 0 bridgehead atoms. The van der Waals surface area contributed by atoms with E-state index in [-0.39, 0.29) is 0 Å². The van der Waals surface area contributed by atoms with E-state index in [2.05, 4.69) is 16.5 Å². The number of anilines is 1. The third-order valence-electron chi connectivity index (χ3n) is 3.33. The predicted octanol–water partition coefficient (Wildman–Crippen LogP) is 3.59. The molecule has 0 aliphatic carbocycles. The summed E-state index contributed by atoms with van der Waals surface area (Å²) in [5.41, 5.74) is 5.54. The zero-order chi connectivity index (χ0) is 14.7. The number of hydrogen-bond acceptors (Lipinski definition) is 4. The van der Waals surface area contributed by atoms with E-state index < -0.39 is 0 Å². The van der Waals surface area contributed by atoms with Crippen molar-refractivity contribution in [3.8, 4) is 16.9 Å². The number of nitrogens with zero attached hydrogens (tertiary/aromatic N) is 1. The van der Waals surface area contributed by atoms with Gasteiger partial charge in [0.2, 0.25) is 0 Å². The van der Waals surface area contributed by atoms with Crippen molar-refractivity contribution in [3.63, 3.8) is 0 Å². The second-order valence-corrected chi connectivity index (χ2v) is 4.66. The van der Waals surface area contributed by atoms with Gasteiger partial charge in [0, 0.05) is 10.9 Å². The van der Waals surface area contributed by atoms with Gasteiger partial charge in [-0.05, 0) is 24.6 Å². The molecule has 0 fully saturated rings. The van der Waals surface area contributed by atoms with Crippen molar-refractivity contribution in [1.82, 2.24) is 4.98 Å². The Bertz CT molecular complexity index is 757. The summed E-state index contributed by atoms with van der Waals surface area (Å²) in [4.78, 5) is 4.63. The van der Waals surface area contributed by atoms with Crippen molar-refractivity contribution < 1.29 is 4.74 Å². The summed E-state index contributed by atoms with van der Waals surface area (Å²) in [7, 11) is 0. The maximum absolute atomic E-state index is 5.65. The Kier molecular flexibility index (Phi) is 3.71. The molecular weight excluding hydrogens is 262 g/mol. The van der Waals surface area contributed by atoms with Gasteiger partial charge in [-0.25, -0.2) is 10.8 Å². The lowest BCUT2D eigenvalue weighted by atomic mass is 10.0. The van der Waals surface area contributed by atoms with Crippen molar-refractivity contribution in [2.75, 3.05) is 12.0 Å². The second kappa shape index (κ2) is 5.81. The molecule has 0 radical (unpaired) electrons. The van der Waals surface area contributed by atoms with E-state index in [1.807, 2.05) is 55.5 Å². The van der Waals surface area contributed by atoms with Crippen LogP contribution in [0.25, 0.3) is 22.0 Å². The third-order valence-corrected chi connectivity index (χ3v) is 3.33. The average molecular weight is 279 g/mol. The van der Waals surface area contributed by atoms with Gasteiger partial charge in [-0.2, -0.15) is 0 Å². The van der Waals surface area contributed by atoms with E-state index in [1.54, 1.807) is 0 Å². The molecule has 0 unspecified atom stereocenters. The number of para-hydroxylation sites is 1. The molecule has 0 amide bonds. The first-order chi connectivity index (χ1) is 10.3. The average Bonchev–Trinajstić information content (AvgIpc) is 2.55. The molecule has 0 atom stereocenters. The van der Waals surface area contributed by atoms with Crippen LogP contribution >= 0.6 is 0 Å². The Hall–Kier alpha value is -2.59. The fourth-order valence-electron chi connectivity index (χ4n) is 2.39. The van der Waals surface area contributed by atoms with Crippen LogP contribution in [0.2, 0.25) is 0 Å². The van der Waals surface area contributed by atoms with Crippen molar-refractivity contribution in [2.24, 2.45) is 5.84 Å². The fraction of sp³-hybridized carbons (Fsp3) is 0.118. The van der Waals surface area contributed by atoms with Gasteiger partial charge in [-0.15, -0.1) is 0 Å². The van der Waals surface area contributed by atoms with Crippen LogP contribution in [0.1, 0.15) is 6.92 Å². The van der Waals surface area contributed by atoms with Crippen LogP contribution in [0.4, 0.5) is 5.82 Å². The summed E-state index contributed by atoms with van der Waals surface area (Å²) >= 11 is 0. The van der Waals surface area contributed by atoms with E-state index >= 15 is 0 Å². The number of nitrogen functional groups attached to an aromatic ring is 1. The maximum Gasteiger partial charge on any atom is 0.148 e. The van der Waals surface area contributed by atoms with E-state index in [1.165, 1.54) is 0 Å². The van der Waals surface area contributed by atoms with Crippen LogP contribution in [-0.2, 0) is 0 Å². The summed E-state index contributed by atoms with van der Waals surface area (Å²) < 4.78 is 5.63. The molecule has 0 aliphatic heterocycles. The zero-order valence-corrected chi connectivity index (χ0v) is 11.8. The molecule has 106 valence electrons. The van der Waals surface area contributed by atoms with Crippen molar-refractivity contribution in [3.05, 3.63) is 54.6 Å². The molecule has 2 aromatic carbocycles. The second-order valence-electron chi connectivity index (χ2n) is 4.66. The lowest BCUT2D eigenvalue weighted by Gasteiger charge is -2.12. The van der Waals surface area contributed by atoms with Crippen LogP contribution in [0.15, 0.2) is 54.6 Å². The molecule has 1 heterocycles. The van der Waals surface area contributed by atoms with Gasteiger partial charge in [0.05, 0.1) is 6.61 Å². The number of aromatic nitrogens is 1. The van der Waals surface area contributed by atoms with Crippen LogP contribution in [0.3, 0.4) is 0 Å². The van der Waals surface area contributed by atoms with E-state index in [4.69, 9.17) is 10.6 Å². The molecule has 3 N–H and O–H groups in total. The number of fused-ring (bicyclic) bond motifs is 1. The standard InChI is InChI=1S/C17H17N3O/c1-2-21-15-10-6-9-13-11-14(12-7-4-3-5-8-12)17(20-18)19-16(13)15/h3-11H,2,18H2,1H3,(H,19,20). The van der Waals surface area contributed by atoms with Crippen LogP contribution < -0.4 is 16.0 Å². The minimum Gasteiger partial charge on any atom is -0.492 e.